The number of carbonyl (C=O) groups excluding carboxylic acids is 2. The number of ether oxygens (including phenoxy) is 1. The van der Waals surface area contributed by atoms with Crippen molar-refractivity contribution in [3.8, 4) is 6.07 Å². The molecule has 1 fully saturated rings. The topological polar surface area (TPSA) is 83.3 Å². The van der Waals surface area contributed by atoms with Crippen LogP contribution in [0, 0.1) is 18.3 Å². The maximum absolute atomic E-state index is 12.4. The van der Waals surface area contributed by atoms with E-state index in [0.717, 1.165) is 25.9 Å². The van der Waals surface area contributed by atoms with Gasteiger partial charge in [0.05, 0.1) is 28.7 Å². The van der Waals surface area contributed by atoms with Crippen LogP contribution < -0.4 is 0 Å². The molecular formula is C17H21N3O3S. The molecule has 128 valence electrons. The minimum atomic E-state index is -0.489. The number of nitriles is 1. The van der Waals surface area contributed by atoms with E-state index in [9.17, 15) is 14.9 Å². The van der Waals surface area contributed by atoms with E-state index in [4.69, 9.17) is 4.74 Å². The van der Waals surface area contributed by atoms with Gasteiger partial charge in [-0.2, -0.15) is 5.26 Å². The van der Waals surface area contributed by atoms with Crippen LogP contribution in [0.25, 0.3) is 0 Å². The molecule has 0 bridgehead atoms. The number of nitrogens with zero attached hydrogens (tertiary/aromatic N) is 3. The maximum Gasteiger partial charge on any atom is 0.340 e. The van der Waals surface area contributed by atoms with Crippen molar-refractivity contribution in [3.63, 3.8) is 0 Å². The van der Waals surface area contributed by atoms with Crippen molar-refractivity contribution < 1.29 is 14.3 Å². The Labute approximate surface area is 146 Å². The zero-order valence-corrected chi connectivity index (χ0v) is 15.0. The molecule has 0 unspecified atom stereocenters. The van der Waals surface area contributed by atoms with Crippen molar-refractivity contribution in [3.05, 3.63) is 22.9 Å². The number of hydrogen-bond donors (Lipinski definition) is 0. The molecule has 1 atom stereocenters. The fourth-order valence-electron chi connectivity index (χ4n) is 2.58. The normalized spacial score (nSPS) is 15.0. The van der Waals surface area contributed by atoms with Crippen LogP contribution >= 0.6 is 11.8 Å². The Balaban J connectivity index is 2.20. The number of rotatable bonds is 5. The van der Waals surface area contributed by atoms with Gasteiger partial charge in [0.2, 0.25) is 5.91 Å². The molecule has 0 N–H and O–H groups in total. The van der Waals surface area contributed by atoms with Gasteiger partial charge in [0.15, 0.2) is 0 Å². The van der Waals surface area contributed by atoms with Gasteiger partial charge in [0.25, 0.3) is 0 Å². The zero-order chi connectivity index (χ0) is 17.7. The number of aryl methyl sites for hydroxylation is 1. The van der Waals surface area contributed by atoms with Crippen LogP contribution in [0.5, 0.6) is 0 Å². The summed E-state index contributed by atoms with van der Waals surface area (Å²) in [6.07, 6.45) is 2.08. The van der Waals surface area contributed by atoms with Crippen LogP contribution in [0.3, 0.4) is 0 Å². The number of likely N-dealkylation sites (tertiary alicyclic amines) is 1. The summed E-state index contributed by atoms with van der Waals surface area (Å²) in [5.41, 5.74) is 1.07. The van der Waals surface area contributed by atoms with Gasteiger partial charge in [-0.25, -0.2) is 9.78 Å². The van der Waals surface area contributed by atoms with Crippen molar-refractivity contribution >= 4 is 23.6 Å². The lowest BCUT2D eigenvalue weighted by Crippen LogP contribution is -2.34. The van der Waals surface area contributed by atoms with E-state index in [-0.39, 0.29) is 28.9 Å². The van der Waals surface area contributed by atoms with Gasteiger partial charge < -0.3 is 9.64 Å². The van der Waals surface area contributed by atoms with Gasteiger partial charge in [0.1, 0.15) is 11.1 Å². The van der Waals surface area contributed by atoms with Gasteiger partial charge in [0, 0.05) is 13.1 Å². The predicted molar refractivity (Wildman–Crippen MR) is 90.8 cm³/mol. The zero-order valence-electron chi connectivity index (χ0n) is 14.2. The van der Waals surface area contributed by atoms with E-state index < -0.39 is 5.97 Å². The smallest absolute Gasteiger partial charge is 0.340 e. The molecule has 1 aliphatic heterocycles. The van der Waals surface area contributed by atoms with Gasteiger partial charge >= 0.3 is 5.97 Å². The third kappa shape index (κ3) is 4.06. The Bertz CT molecular complexity index is 678. The summed E-state index contributed by atoms with van der Waals surface area (Å²) in [5, 5.41) is 9.51. The predicted octanol–water partition coefficient (Wildman–Crippen LogP) is 2.54. The van der Waals surface area contributed by atoms with Crippen LogP contribution in [0.1, 0.15) is 48.3 Å². The Morgan fingerprint density at radius 1 is 1.46 bits per heavy atom. The van der Waals surface area contributed by atoms with Crippen LogP contribution in [0.15, 0.2) is 11.1 Å². The number of amides is 1. The molecule has 24 heavy (non-hydrogen) atoms. The monoisotopic (exact) mass is 347 g/mol. The Morgan fingerprint density at radius 2 is 2.12 bits per heavy atom. The summed E-state index contributed by atoms with van der Waals surface area (Å²) in [4.78, 5) is 30.5. The number of thioether (sulfide) groups is 1. The van der Waals surface area contributed by atoms with E-state index in [1.54, 1.807) is 13.8 Å². The second kappa shape index (κ2) is 8.15. The van der Waals surface area contributed by atoms with Crippen LogP contribution in [0.2, 0.25) is 0 Å². The molecule has 6 nitrogen and oxygen atoms in total. The van der Waals surface area contributed by atoms with Gasteiger partial charge in [-0.3, -0.25) is 4.79 Å². The first-order chi connectivity index (χ1) is 11.5. The fourth-order valence-corrected chi connectivity index (χ4v) is 3.59. The van der Waals surface area contributed by atoms with Gasteiger partial charge in [-0.05, 0) is 39.7 Å². The highest BCUT2D eigenvalue weighted by Crippen LogP contribution is 2.28. The number of hydrogen-bond acceptors (Lipinski definition) is 6. The number of aromatic nitrogens is 1. The molecule has 2 rings (SSSR count). The Kier molecular flexibility index (Phi) is 6.21. The third-order valence-corrected chi connectivity index (χ3v) is 4.94. The molecule has 0 aromatic carbocycles. The first kappa shape index (κ1) is 18.3. The molecule has 1 aromatic heterocycles. The summed E-state index contributed by atoms with van der Waals surface area (Å²) in [6.45, 7) is 7.10. The number of pyridine rings is 1. The lowest BCUT2D eigenvalue weighted by molar-refractivity contribution is -0.129. The molecule has 7 heteroatoms. The number of carbonyl (C=O) groups is 2. The molecule has 0 saturated carbocycles. The Morgan fingerprint density at radius 3 is 2.71 bits per heavy atom. The summed E-state index contributed by atoms with van der Waals surface area (Å²) >= 11 is 1.26. The van der Waals surface area contributed by atoms with Crippen molar-refractivity contribution in [1.29, 1.82) is 5.26 Å². The van der Waals surface area contributed by atoms with E-state index >= 15 is 0 Å². The van der Waals surface area contributed by atoms with Crippen LogP contribution in [0.4, 0.5) is 0 Å². The first-order valence-corrected chi connectivity index (χ1v) is 8.90. The average Bonchev–Trinajstić information content (AvgIpc) is 3.08. The first-order valence-electron chi connectivity index (χ1n) is 8.02. The van der Waals surface area contributed by atoms with Crippen molar-refractivity contribution in [2.24, 2.45) is 0 Å². The van der Waals surface area contributed by atoms with E-state index in [1.165, 1.54) is 17.8 Å². The van der Waals surface area contributed by atoms with Crippen molar-refractivity contribution in [2.45, 2.75) is 43.9 Å². The minimum Gasteiger partial charge on any atom is -0.462 e. The quantitative estimate of drug-likeness (QED) is 0.601. The fraction of sp³-hybridized carbons (Fsp3) is 0.529. The van der Waals surface area contributed by atoms with Crippen LogP contribution in [-0.4, -0.2) is 46.7 Å². The summed E-state index contributed by atoms with van der Waals surface area (Å²) in [6, 6.07) is 3.55. The number of esters is 1. The van der Waals surface area contributed by atoms with Crippen LogP contribution in [-0.2, 0) is 9.53 Å². The second-order valence-corrected chi connectivity index (χ2v) is 6.93. The van der Waals surface area contributed by atoms with Gasteiger partial charge in [-0.15, -0.1) is 0 Å². The van der Waals surface area contributed by atoms with Crippen molar-refractivity contribution in [2.75, 3.05) is 19.7 Å². The molecule has 1 aromatic rings. The molecular weight excluding hydrogens is 326 g/mol. The highest BCUT2D eigenvalue weighted by Gasteiger charge is 2.26. The molecule has 0 radical (unpaired) electrons. The maximum atomic E-state index is 12.4. The van der Waals surface area contributed by atoms with E-state index in [2.05, 4.69) is 11.1 Å². The molecule has 1 saturated heterocycles. The highest BCUT2D eigenvalue weighted by atomic mass is 32.2. The van der Waals surface area contributed by atoms with Gasteiger partial charge in [-0.1, -0.05) is 11.8 Å². The molecule has 0 spiro atoms. The summed E-state index contributed by atoms with van der Waals surface area (Å²) in [7, 11) is 0. The summed E-state index contributed by atoms with van der Waals surface area (Å²) < 4.78 is 4.98. The van der Waals surface area contributed by atoms with E-state index in [1.807, 2.05) is 11.8 Å². The minimum absolute atomic E-state index is 0.0651. The largest absolute Gasteiger partial charge is 0.462 e. The highest BCUT2D eigenvalue weighted by molar-refractivity contribution is 8.00. The molecule has 0 aliphatic carbocycles. The summed E-state index contributed by atoms with van der Waals surface area (Å²) in [5.74, 6) is -0.424. The van der Waals surface area contributed by atoms with E-state index in [0.29, 0.717) is 10.7 Å². The standard InChI is InChI=1S/C17H21N3O3S/c1-4-23-17(22)14-9-13(10-18)15(19-11(14)2)24-12(3)16(21)20-7-5-6-8-20/h9,12H,4-8H2,1-3H3/t12-/m1/s1. The third-order valence-electron chi connectivity index (χ3n) is 3.85. The SMILES string of the molecule is CCOC(=O)c1cc(C#N)c(S[C@H](C)C(=O)N2CCCC2)nc1C. The second-order valence-electron chi connectivity index (χ2n) is 5.60. The molecule has 1 aliphatic rings. The van der Waals surface area contributed by atoms with Crippen molar-refractivity contribution in [1.82, 2.24) is 9.88 Å². The Hall–Kier alpha value is -2.07. The molecule has 2 heterocycles. The lowest BCUT2D eigenvalue weighted by Gasteiger charge is -2.20. The lowest BCUT2D eigenvalue weighted by atomic mass is 10.1. The molecule has 1 amide bonds. The average molecular weight is 347 g/mol.